The second-order valence-corrected chi connectivity index (χ2v) is 5.70. The molecule has 0 radical (unpaired) electrons. The van der Waals surface area contributed by atoms with Gasteiger partial charge in [0.2, 0.25) is 0 Å². The second-order valence-electron chi connectivity index (χ2n) is 4.22. The number of rotatable bonds is 6. The molecule has 0 aliphatic rings. The summed E-state index contributed by atoms with van der Waals surface area (Å²) in [7, 11) is -0.907. The molecule has 7 heteroatoms. The number of alkyl halides is 3. The van der Waals surface area contributed by atoms with Gasteiger partial charge in [-0.3, -0.25) is 4.21 Å². The first-order valence-corrected chi connectivity index (χ1v) is 7.37. The number of benzene rings is 1. The molecule has 1 rings (SSSR count). The van der Waals surface area contributed by atoms with E-state index in [9.17, 15) is 17.4 Å². The van der Waals surface area contributed by atoms with Crippen molar-refractivity contribution in [2.45, 2.75) is 25.9 Å². The third-order valence-corrected chi connectivity index (χ3v) is 3.24. The van der Waals surface area contributed by atoms with Crippen molar-refractivity contribution in [1.82, 2.24) is 5.32 Å². The van der Waals surface area contributed by atoms with Gasteiger partial charge in [0, 0.05) is 35.4 Å². The predicted molar refractivity (Wildman–Crippen MR) is 68.4 cm³/mol. The summed E-state index contributed by atoms with van der Waals surface area (Å²) >= 11 is 0. The van der Waals surface area contributed by atoms with Crippen molar-refractivity contribution in [3.8, 4) is 5.75 Å². The molecule has 0 bridgehead atoms. The van der Waals surface area contributed by atoms with Crippen molar-refractivity contribution in [1.29, 1.82) is 0 Å². The van der Waals surface area contributed by atoms with Crippen molar-refractivity contribution in [2.75, 3.05) is 12.0 Å². The lowest BCUT2D eigenvalue weighted by Crippen LogP contribution is -2.30. The predicted octanol–water partition coefficient (Wildman–Crippen LogP) is 2.44. The SMILES string of the molecule is CC(CS(C)=O)NCc1cccc(OC(F)(F)F)c1. The average Bonchev–Trinajstić information content (AvgIpc) is 2.23. The van der Waals surface area contributed by atoms with E-state index in [0.29, 0.717) is 17.9 Å². The number of hydrogen-bond donors (Lipinski definition) is 1. The summed E-state index contributed by atoms with van der Waals surface area (Å²) in [6.45, 7) is 2.27. The number of nitrogens with one attached hydrogen (secondary N) is 1. The maximum absolute atomic E-state index is 12.1. The zero-order valence-corrected chi connectivity index (χ0v) is 11.5. The summed E-state index contributed by atoms with van der Waals surface area (Å²) in [5.41, 5.74) is 0.676. The van der Waals surface area contributed by atoms with Crippen molar-refractivity contribution in [3.05, 3.63) is 29.8 Å². The quantitative estimate of drug-likeness (QED) is 0.876. The Labute approximate surface area is 112 Å². The Morgan fingerprint density at radius 1 is 1.42 bits per heavy atom. The minimum absolute atomic E-state index is 0.0259. The Morgan fingerprint density at radius 3 is 2.68 bits per heavy atom. The smallest absolute Gasteiger partial charge is 0.406 e. The fourth-order valence-corrected chi connectivity index (χ4v) is 2.38. The molecule has 0 saturated heterocycles. The van der Waals surface area contributed by atoms with Gasteiger partial charge in [0.15, 0.2) is 0 Å². The first-order valence-electron chi connectivity index (χ1n) is 5.64. The number of ether oxygens (including phenoxy) is 1. The zero-order valence-electron chi connectivity index (χ0n) is 10.7. The summed E-state index contributed by atoms with van der Waals surface area (Å²) in [6, 6.07) is 5.81. The molecule has 0 saturated carbocycles. The van der Waals surface area contributed by atoms with Gasteiger partial charge in [0.25, 0.3) is 0 Å². The Kier molecular flexibility index (Phi) is 5.81. The molecule has 19 heavy (non-hydrogen) atoms. The highest BCUT2D eigenvalue weighted by molar-refractivity contribution is 7.84. The fraction of sp³-hybridized carbons (Fsp3) is 0.500. The molecule has 0 heterocycles. The minimum Gasteiger partial charge on any atom is -0.406 e. The molecule has 0 aliphatic carbocycles. The topological polar surface area (TPSA) is 38.3 Å². The lowest BCUT2D eigenvalue weighted by molar-refractivity contribution is -0.274. The Morgan fingerprint density at radius 2 is 2.11 bits per heavy atom. The van der Waals surface area contributed by atoms with Crippen LogP contribution in [0.25, 0.3) is 0 Å². The standard InChI is InChI=1S/C12H16F3NO2S/c1-9(8-19(2)17)16-7-10-4-3-5-11(6-10)18-12(13,14)15/h3-6,9,16H,7-8H2,1-2H3. The van der Waals surface area contributed by atoms with Gasteiger partial charge in [-0.05, 0) is 24.6 Å². The lowest BCUT2D eigenvalue weighted by Gasteiger charge is -2.13. The van der Waals surface area contributed by atoms with E-state index < -0.39 is 17.2 Å². The van der Waals surface area contributed by atoms with E-state index in [-0.39, 0.29) is 11.8 Å². The van der Waals surface area contributed by atoms with E-state index in [2.05, 4.69) is 10.1 Å². The number of halogens is 3. The van der Waals surface area contributed by atoms with Gasteiger partial charge >= 0.3 is 6.36 Å². The largest absolute Gasteiger partial charge is 0.573 e. The van der Waals surface area contributed by atoms with Crippen LogP contribution in [0.5, 0.6) is 5.75 Å². The molecule has 0 aromatic heterocycles. The van der Waals surface area contributed by atoms with Crippen molar-refractivity contribution in [2.24, 2.45) is 0 Å². The van der Waals surface area contributed by atoms with Gasteiger partial charge in [-0.25, -0.2) is 0 Å². The molecule has 0 fully saturated rings. The second kappa shape index (κ2) is 6.91. The molecular weight excluding hydrogens is 279 g/mol. The maximum atomic E-state index is 12.1. The van der Waals surface area contributed by atoms with Crippen molar-refractivity contribution < 1.29 is 22.1 Å². The molecule has 0 amide bonds. The zero-order chi connectivity index (χ0) is 14.5. The Bertz CT molecular complexity index is 437. The molecule has 2 unspecified atom stereocenters. The van der Waals surface area contributed by atoms with Crippen LogP contribution in [0.2, 0.25) is 0 Å². The molecule has 0 spiro atoms. The van der Waals surface area contributed by atoms with Crippen LogP contribution in [-0.2, 0) is 17.3 Å². The molecule has 1 aromatic carbocycles. The number of hydrogen-bond acceptors (Lipinski definition) is 3. The van der Waals surface area contributed by atoms with Gasteiger partial charge in [-0.15, -0.1) is 13.2 Å². The normalized spacial score (nSPS) is 15.0. The van der Waals surface area contributed by atoms with Crippen LogP contribution in [-0.4, -0.2) is 28.6 Å². The van der Waals surface area contributed by atoms with E-state index in [1.54, 1.807) is 12.3 Å². The van der Waals surface area contributed by atoms with Gasteiger partial charge in [-0.1, -0.05) is 12.1 Å². The molecule has 2 atom stereocenters. The summed E-state index contributed by atoms with van der Waals surface area (Å²) in [6.07, 6.45) is -3.07. The first-order chi connectivity index (χ1) is 8.76. The lowest BCUT2D eigenvalue weighted by atomic mass is 10.2. The first kappa shape index (κ1) is 16.0. The molecular formula is C12H16F3NO2S. The van der Waals surface area contributed by atoms with Gasteiger partial charge in [0.05, 0.1) is 0 Å². The monoisotopic (exact) mass is 295 g/mol. The minimum atomic E-state index is -4.68. The van der Waals surface area contributed by atoms with Crippen LogP contribution >= 0.6 is 0 Å². The van der Waals surface area contributed by atoms with Gasteiger partial charge < -0.3 is 10.1 Å². The third-order valence-electron chi connectivity index (χ3n) is 2.27. The third kappa shape index (κ3) is 7.17. The van der Waals surface area contributed by atoms with Crippen LogP contribution < -0.4 is 10.1 Å². The van der Waals surface area contributed by atoms with E-state index >= 15 is 0 Å². The molecule has 3 nitrogen and oxygen atoms in total. The highest BCUT2D eigenvalue weighted by Gasteiger charge is 2.31. The fourth-order valence-electron chi connectivity index (χ4n) is 1.56. The van der Waals surface area contributed by atoms with E-state index in [1.807, 2.05) is 6.92 Å². The highest BCUT2D eigenvalue weighted by Crippen LogP contribution is 2.23. The van der Waals surface area contributed by atoms with Crippen LogP contribution in [0, 0.1) is 0 Å². The Balaban J connectivity index is 2.55. The molecule has 108 valence electrons. The summed E-state index contributed by atoms with van der Waals surface area (Å²) in [5.74, 6) is 0.261. The van der Waals surface area contributed by atoms with Gasteiger partial charge in [-0.2, -0.15) is 0 Å². The Hall–Kier alpha value is -1.08. The van der Waals surface area contributed by atoms with E-state index in [4.69, 9.17) is 0 Å². The summed E-state index contributed by atoms with van der Waals surface area (Å²) in [4.78, 5) is 0. The van der Waals surface area contributed by atoms with Crippen LogP contribution in [0.4, 0.5) is 13.2 Å². The van der Waals surface area contributed by atoms with Crippen LogP contribution in [0.1, 0.15) is 12.5 Å². The molecule has 1 aromatic rings. The van der Waals surface area contributed by atoms with Crippen molar-refractivity contribution >= 4 is 10.8 Å². The van der Waals surface area contributed by atoms with Crippen LogP contribution in [0.15, 0.2) is 24.3 Å². The summed E-state index contributed by atoms with van der Waals surface area (Å²) < 4.78 is 51.0. The van der Waals surface area contributed by atoms with Gasteiger partial charge in [0.1, 0.15) is 5.75 Å². The maximum Gasteiger partial charge on any atom is 0.573 e. The highest BCUT2D eigenvalue weighted by atomic mass is 32.2. The van der Waals surface area contributed by atoms with E-state index in [0.717, 1.165) is 0 Å². The molecule has 0 aliphatic heterocycles. The van der Waals surface area contributed by atoms with Crippen molar-refractivity contribution in [3.63, 3.8) is 0 Å². The molecule has 1 N–H and O–H groups in total. The van der Waals surface area contributed by atoms with E-state index in [1.165, 1.54) is 18.2 Å². The summed E-state index contributed by atoms with van der Waals surface area (Å²) in [5, 5.41) is 3.09. The average molecular weight is 295 g/mol. The van der Waals surface area contributed by atoms with Crippen LogP contribution in [0.3, 0.4) is 0 Å².